The van der Waals surface area contributed by atoms with Crippen molar-refractivity contribution in [2.24, 2.45) is 0 Å². The van der Waals surface area contributed by atoms with E-state index in [2.05, 4.69) is 16.5 Å². The molecule has 6 heteroatoms. The predicted molar refractivity (Wildman–Crippen MR) is 85.2 cm³/mol. The number of nitrogens with zero attached hydrogens (tertiary/aromatic N) is 2. The van der Waals surface area contributed by atoms with Gasteiger partial charge in [-0.15, -0.1) is 0 Å². The highest BCUT2D eigenvalue weighted by Gasteiger charge is 2.13. The number of fused-ring (bicyclic) bond motifs is 1. The van der Waals surface area contributed by atoms with E-state index in [-0.39, 0.29) is 6.42 Å². The Kier molecular flexibility index (Phi) is 5.48. The third kappa shape index (κ3) is 3.89. The van der Waals surface area contributed by atoms with Crippen LogP contribution in [0.15, 0.2) is 12.1 Å². The summed E-state index contributed by atoms with van der Waals surface area (Å²) < 4.78 is 2.07. The maximum Gasteiger partial charge on any atom is 0.303 e. The molecule has 0 unspecified atom stereocenters. The lowest BCUT2D eigenvalue weighted by molar-refractivity contribution is -0.137. The molecule has 0 amide bonds. The Morgan fingerprint density at radius 2 is 2.00 bits per heavy atom. The first-order chi connectivity index (χ1) is 10.0. The first-order valence-electron chi connectivity index (χ1n) is 7.09. The normalized spacial score (nSPS) is 11.2. The van der Waals surface area contributed by atoms with Gasteiger partial charge in [-0.3, -0.25) is 4.79 Å². The summed E-state index contributed by atoms with van der Waals surface area (Å²) in [5.41, 5.74) is 1.73. The summed E-state index contributed by atoms with van der Waals surface area (Å²) in [5, 5.41) is 9.76. The van der Waals surface area contributed by atoms with Crippen molar-refractivity contribution in [3.8, 4) is 0 Å². The Hall–Kier alpha value is -1.26. The molecule has 0 aliphatic heterocycles. The maximum atomic E-state index is 10.7. The van der Waals surface area contributed by atoms with Gasteiger partial charge in [-0.2, -0.15) is 0 Å². The molecule has 2 aromatic rings. The van der Waals surface area contributed by atoms with E-state index in [0.717, 1.165) is 36.1 Å². The molecule has 1 aromatic carbocycles. The van der Waals surface area contributed by atoms with Crippen LogP contribution in [-0.2, 0) is 17.8 Å². The van der Waals surface area contributed by atoms with Crippen molar-refractivity contribution >= 4 is 40.2 Å². The summed E-state index contributed by atoms with van der Waals surface area (Å²) in [7, 11) is 0. The van der Waals surface area contributed by atoms with Gasteiger partial charge in [0, 0.05) is 19.4 Å². The Bertz CT molecular complexity index is 653. The van der Waals surface area contributed by atoms with Crippen LogP contribution in [0.2, 0.25) is 10.0 Å². The van der Waals surface area contributed by atoms with Crippen LogP contribution in [-0.4, -0.2) is 20.6 Å². The molecule has 0 bridgehead atoms. The number of carboxylic acids is 1. The van der Waals surface area contributed by atoms with Crippen molar-refractivity contribution in [3.63, 3.8) is 0 Å². The van der Waals surface area contributed by atoms with Crippen LogP contribution in [0.3, 0.4) is 0 Å². The molecular weight excluding hydrogens is 311 g/mol. The predicted octanol–water partition coefficient (Wildman–Crippen LogP) is 4.55. The van der Waals surface area contributed by atoms with Crippen molar-refractivity contribution in [2.45, 2.75) is 45.6 Å². The lowest BCUT2D eigenvalue weighted by atomic mass is 10.2. The van der Waals surface area contributed by atoms with E-state index in [1.54, 1.807) is 6.07 Å². The third-order valence-corrected chi connectivity index (χ3v) is 4.12. The fourth-order valence-electron chi connectivity index (χ4n) is 2.33. The monoisotopic (exact) mass is 328 g/mol. The Labute approximate surface area is 133 Å². The fraction of sp³-hybridized carbons (Fsp3) is 0.467. The van der Waals surface area contributed by atoms with E-state index in [1.807, 2.05) is 6.07 Å². The van der Waals surface area contributed by atoms with Crippen LogP contribution < -0.4 is 0 Å². The largest absolute Gasteiger partial charge is 0.481 e. The zero-order valence-corrected chi connectivity index (χ0v) is 13.4. The van der Waals surface area contributed by atoms with Gasteiger partial charge in [0.05, 0.1) is 21.1 Å². The summed E-state index contributed by atoms with van der Waals surface area (Å²) in [5.74, 6) is 0.186. The molecule has 0 atom stereocenters. The molecule has 0 fully saturated rings. The average molecular weight is 329 g/mol. The van der Waals surface area contributed by atoms with Gasteiger partial charge in [0.2, 0.25) is 0 Å². The minimum Gasteiger partial charge on any atom is -0.481 e. The van der Waals surface area contributed by atoms with Gasteiger partial charge in [-0.25, -0.2) is 4.98 Å². The second-order valence-electron chi connectivity index (χ2n) is 5.04. The van der Waals surface area contributed by atoms with Crippen LogP contribution in [0.4, 0.5) is 0 Å². The fourth-order valence-corrected chi connectivity index (χ4v) is 2.65. The van der Waals surface area contributed by atoms with Gasteiger partial charge in [0.15, 0.2) is 0 Å². The highest BCUT2D eigenvalue weighted by atomic mass is 35.5. The van der Waals surface area contributed by atoms with Crippen LogP contribution in [0.5, 0.6) is 0 Å². The number of carboxylic acid groups (broad SMARTS) is 1. The molecule has 1 aromatic heterocycles. The van der Waals surface area contributed by atoms with E-state index in [4.69, 9.17) is 28.3 Å². The van der Waals surface area contributed by atoms with Crippen LogP contribution in [0.25, 0.3) is 11.0 Å². The molecule has 0 aliphatic carbocycles. The molecule has 21 heavy (non-hydrogen) atoms. The maximum absolute atomic E-state index is 10.7. The van der Waals surface area contributed by atoms with E-state index in [9.17, 15) is 4.79 Å². The van der Waals surface area contributed by atoms with Crippen molar-refractivity contribution in [2.75, 3.05) is 0 Å². The minimum absolute atomic E-state index is 0.147. The topological polar surface area (TPSA) is 55.1 Å². The first-order valence-corrected chi connectivity index (χ1v) is 7.84. The third-order valence-electron chi connectivity index (χ3n) is 3.40. The average Bonchev–Trinajstić information content (AvgIpc) is 2.74. The number of hydrogen-bond acceptors (Lipinski definition) is 2. The number of unbranched alkanes of at least 4 members (excludes halogenated alkanes) is 1. The number of halogens is 2. The summed E-state index contributed by atoms with van der Waals surface area (Å²) in [4.78, 5) is 15.3. The molecule has 2 rings (SSSR count). The molecule has 0 aliphatic rings. The molecule has 1 N–H and O–H groups in total. The van der Waals surface area contributed by atoms with E-state index < -0.39 is 5.97 Å². The summed E-state index contributed by atoms with van der Waals surface area (Å²) in [6.45, 7) is 2.75. The number of benzene rings is 1. The van der Waals surface area contributed by atoms with E-state index in [1.165, 1.54) is 0 Å². The number of aryl methyl sites for hydroxylation is 2. The second-order valence-corrected chi connectivity index (χ2v) is 5.85. The van der Waals surface area contributed by atoms with Gasteiger partial charge in [0.1, 0.15) is 5.82 Å². The molecule has 0 saturated heterocycles. The standard InChI is InChI=1S/C15H18Cl2N2O2/c1-2-3-5-14-18-12-8-10(16)11(17)9-13(12)19(14)7-4-6-15(20)21/h8-9H,2-7H2,1H3,(H,20,21). The van der Waals surface area contributed by atoms with Crippen LogP contribution in [0.1, 0.15) is 38.4 Å². The smallest absolute Gasteiger partial charge is 0.303 e. The highest BCUT2D eigenvalue weighted by Crippen LogP contribution is 2.29. The van der Waals surface area contributed by atoms with Crippen molar-refractivity contribution in [3.05, 3.63) is 28.0 Å². The number of rotatable bonds is 7. The van der Waals surface area contributed by atoms with Gasteiger partial charge < -0.3 is 9.67 Å². The van der Waals surface area contributed by atoms with Gasteiger partial charge in [-0.05, 0) is 25.0 Å². The summed E-state index contributed by atoms with van der Waals surface area (Å²) >= 11 is 12.1. The zero-order chi connectivity index (χ0) is 15.4. The van der Waals surface area contributed by atoms with Crippen LogP contribution in [0, 0.1) is 0 Å². The molecule has 4 nitrogen and oxygen atoms in total. The number of carbonyl (C=O) groups is 1. The Morgan fingerprint density at radius 3 is 2.67 bits per heavy atom. The van der Waals surface area contributed by atoms with E-state index in [0.29, 0.717) is 23.0 Å². The zero-order valence-electron chi connectivity index (χ0n) is 11.9. The summed E-state index contributed by atoms with van der Waals surface area (Å²) in [6, 6.07) is 3.57. The second kappa shape index (κ2) is 7.14. The molecule has 114 valence electrons. The quantitative estimate of drug-likeness (QED) is 0.811. The first kappa shape index (κ1) is 16.1. The van der Waals surface area contributed by atoms with E-state index >= 15 is 0 Å². The SMILES string of the molecule is CCCCc1nc2cc(Cl)c(Cl)cc2n1CCCC(=O)O. The Balaban J connectivity index is 2.36. The molecule has 0 spiro atoms. The van der Waals surface area contributed by atoms with Gasteiger partial charge >= 0.3 is 5.97 Å². The number of hydrogen-bond donors (Lipinski definition) is 1. The molecular formula is C15H18Cl2N2O2. The molecule has 0 radical (unpaired) electrons. The van der Waals surface area contributed by atoms with Crippen molar-refractivity contribution < 1.29 is 9.90 Å². The minimum atomic E-state index is -0.782. The van der Waals surface area contributed by atoms with Gasteiger partial charge in [-0.1, -0.05) is 36.5 Å². The van der Waals surface area contributed by atoms with Crippen LogP contribution >= 0.6 is 23.2 Å². The van der Waals surface area contributed by atoms with Crippen molar-refractivity contribution in [1.82, 2.24) is 9.55 Å². The lowest BCUT2D eigenvalue weighted by Gasteiger charge is -2.08. The number of aromatic nitrogens is 2. The molecule has 0 saturated carbocycles. The lowest BCUT2D eigenvalue weighted by Crippen LogP contribution is -2.06. The number of imidazole rings is 1. The van der Waals surface area contributed by atoms with Crippen molar-refractivity contribution in [1.29, 1.82) is 0 Å². The Morgan fingerprint density at radius 1 is 1.29 bits per heavy atom. The van der Waals surface area contributed by atoms with Gasteiger partial charge in [0.25, 0.3) is 0 Å². The number of aliphatic carboxylic acids is 1. The summed E-state index contributed by atoms with van der Waals surface area (Å²) in [6.07, 6.45) is 3.71. The molecule has 1 heterocycles. The highest BCUT2D eigenvalue weighted by molar-refractivity contribution is 6.42.